The van der Waals surface area contributed by atoms with Gasteiger partial charge in [0.25, 0.3) is 5.91 Å². The number of carbonyl (C=O) groups excluding carboxylic acids is 1. The molecule has 3 rings (SSSR count). The third kappa shape index (κ3) is 4.37. The number of ether oxygens (including phenoxy) is 1. The summed E-state index contributed by atoms with van der Waals surface area (Å²) in [6.45, 7) is 5.17. The first-order chi connectivity index (χ1) is 13.7. The van der Waals surface area contributed by atoms with Crippen molar-refractivity contribution < 1.29 is 23.4 Å². The zero-order chi connectivity index (χ0) is 21.2. The van der Waals surface area contributed by atoms with E-state index < -0.39 is 17.0 Å². The summed E-state index contributed by atoms with van der Waals surface area (Å²) in [5.74, 6) is -1.63. The van der Waals surface area contributed by atoms with Crippen molar-refractivity contribution in [1.29, 1.82) is 0 Å². The highest BCUT2D eigenvalue weighted by Gasteiger charge is 2.24. The normalized spacial score (nSPS) is 11.7. The highest BCUT2D eigenvalue weighted by atomic mass is 19.1. The third-order valence-corrected chi connectivity index (χ3v) is 4.45. The second-order valence-electron chi connectivity index (χ2n) is 7.65. The number of aliphatic hydroxyl groups is 1. The predicted molar refractivity (Wildman–Crippen MR) is 104 cm³/mol. The molecule has 1 amide bonds. The summed E-state index contributed by atoms with van der Waals surface area (Å²) in [4.78, 5) is 12.4. The summed E-state index contributed by atoms with van der Waals surface area (Å²) >= 11 is 0. The first kappa shape index (κ1) is 20.7. The summed E-state index contributed by atoms with van der Waals surface area (Å²) in [5.41, 5.74) is 0.829. The number of pyridine rings is 1. The lowest BCUT2D eigenvalue weighted by atomic mass is 9.86. The second-order valence-corrected chi connectivity index (χ2v) is 7.65. The highest BCUT2D eigenvalue weighted by Crippen LogP contribution is 2.30. The third-order valence-electron chi connectivity index (χ3n) is 4.45. The Balaban J connectivity index is 1.61. The number of aliphatic hydroxyl groups excluding tert-OH is 1. The minimum Gasteiger partial charge on any atom is -0.492 e. The van der Waals surface area contributed by atoms with Crippen LogP contribution in [-0.4, -0.2) is 33.8 Å². The van der Waals surface area contributed by atoms with E-state index in [1.165, 1.54) is 10.7 Å². The summed E-state index contributed by atoms with van der Waals surface area (Å²) in [6.07, 6.45) is 1.42. The molecule has 0 spiro atoms. The minimum absolute atomic E-state index is 0.00786. The number of benzene rings is 1. The molecular formula is C21H23F2N3O3. The van der Waals surface area contributed by atoms with Crippen LogP contribution in [0.1, 0.15) is 42.4 Å². The van der Waals surface area contributed by atoms with Crippen molar-refractivity contribution in [3.05, 3.63) is 65.0 Å². The molecule has 2 aromatic heterocycles. The molecule has 0 aliphatic rings. The van der Waals surface area contributed by atoms with Crippen LogP contribution in [0.25, 0.3) is 5.52 Å². The van der Waals surface area contributed by atoms with Crippen molar-refractivity contribution in [3.63, 3.8) is 0 Å². The topological polar surface area (TPSA) is 75.9 Å². The number of aromatic nitrogens is 2. The lowest BCUT2D eigenvalue weighted by molar-refractivity contribution is 0.0948. The average Bonchev–Trinajstić information content (AvgIpc) is 3.07. The maximum Gasteiger partial charge on any atom is 0.255 e. The Morgan fingerprint density at radius 1 is 1.24 bits per heavy atom. The van der Waals surface area contributed by atoms with Gasteiger partial charge in [-0.3, -0.25) is 4.79 Å². The van der Waals surface area contributed by atoms with Crippen molar-refractivity contribution in [3.8, 4) is 5.75 Å². The van der Waals surface area contributed by atoms with E-state index in [0.717, 1.165) is 12.1 Å². The lowest BCUT2D eigenvalue weighted by Crippen LogP contribution is -2.28. The largest absolute Gasteiger partial charge is 0.492 e. The van der Waals surface area contributed by atoms with Gasteiger partial charge in [0.2, 0.25) is 0 Å². The Morgan fingerprint density at radius 2 is 1.93 bits per heavy atom. The Hall–Kier alpha value is -3.00. The van der Waals surface area contributed by atoms with Gasteiger partial charge in [-0.15, -0.1) is 0 Å². The summed E-state index contributed by atoms with van der Waals surface area (Å²) in [5, 5.41) is 16.1. The van der Waals surface area contributed by atoms with E-state index in [1.54, 1.807) is 39.0 Å². The quantitative estimate of drug-likeness (QED) is 0.620. The first-order valence-corrected chi connectivity index (χ1v) is 9.19. The molecule has 0 fully saturated rings. The SMILES string of the molecule is CC(C)(C)c1c(F)cc(OCCNC(=O)c2cnn3c(CO)cccc23)cc1F. The number of hydrogen-bond acceptors (Lipinski definition) is 4. The zero-order valence-corrected chi connectivity index (χ0v) is 16.5. The standard InChI is InChI=1S/C21H23F2N3O3/c1-21(2,3)19-16(22)9-14(10-17(19)23)29-8-7-24-20(28)15-11-25-26-13(12-27)5-4-6-18(15)26/h4-6,9-11,27H,7-8,12H2,1-3H3,(H,24,28). The number of hydrogen-bond donors (Lipinski definition) is 2. The van der Waals surface area contributed by atoms with Crippen LogP contribution < -0.4 is 10.1 Å². The molecule has 0 saturated carbocycles. The molecule has 0 unspecified atom stereocenters. The molecule has 0 bridgehead atoms. The number of nitrogens with one attached hydrogen (secondary N) is 1. The van der Waals surface area contributed by atoms with Crippen LogP contribution in [0.4, 0.5) is 8.78 Å². The predicted octanol–water partition coefficient (Wildman–Crippen LogP) is 3.21. The van der Waals surface area contributed by atoms with Crippen molar-refractivity contribution >= 4 is 11.4 Å². The van der Waals surface area contributed by atoms with E-state index in [2.05, 4.69) is 10.4 Å². The average molecular weight is 403 g/mol. The van der Waals surface area contributed by atoms with Gasteiger partial charge in [0.05, 0.1) is 36.1 Å². The Morgan fingerprint density at radius 3 is 2.55 bits per heavy atom. The molecule has 6 nitrogen and oxygen atoms in total. The second kappa shape index (κ2) is 8.16. The monoisotopic (exact) mass is 403 g/mol. The molecule has 154 valence electrons. The molecule has 0 aliphatic carbocycles. The van der Waals surface area contributed by atoms with E-state index in [1.807, 2.05) is 0 Å². The molecule has 2 heterocycles. The molecule has 0 radical (unpaired) electrons. The van der Waals surface area contributed by atoms with Gasteiger partial charge in [-0.2, -0.15) is 5.10 Å². The molecule has 8 heteroatoms. The maximum absolute atomic E-state index is 14.2. The van der Waals surface area contributed by atoms with Crippen LogP contribution >= 0.6 is 0 Å². The summed E-state index contributed by atoms with van der Waals surface area (Å²) < 4.78 is 35.3. The van der Waals surface area contributed by atoms with Gasteiger partial charge in [0.15, 0.2) is 0 Å². The lowest BCUT2D eigenvalue weighted by Gasteiger charge is -2.21. The van der Waals surface area contributed by atoms with E-state index >= 15 is 0 Å². The van der Waals surface area contributed by atoms with Crippen molar-refractivity contribution in [2.24, 2.45) is 0 Å². The Kier molecular flexibility index (Phi) is 5.83. The maximum atomic E-state index is 14.2. The van der Waals surface area contributed by atoms with Gasteiger partial charge in [0, 0.05) is 17.7 Å². The van der Waals surface area contributed by atoms with E-state index in [0.29, 0.717) is 16.8 Å². The van der Waals surface area contributed by atoms with Gasteiger partial charge < -0.3 is 15.2 Å². The van der Waals surface area contributed by atoms with Crippen LogP contribution in [0.15, 0.2) is 36.5 Å². The Labute approximate surface area is 167 Å². The molecule has 2 N–H and O–H groups in total. The van der Waals surface area contributed by atoms with Gasteiger partial charge in [-0.25, -0.2) is 13.3 Å². The number of carbonyl (C=O) groups is 1. The van der Waals surface area contributed by atoms with Gasteiger partial charge in [-0.1, -0.05) is 26.8 Å². The zero-order valence-electron chi connectivity index (χ0n) is 16.5. The van der Waals surface area contributed by atoms with Crippen LogP contribution in [-0.2, 0) is 12.0 Å². The first-order valence-electron chi connectivity index (χ1n) is 9.19. The van der Waals surface area contributed by atoms with Gasteiger partial charge in [-0.05, 0) is 17.5 Å². The summed E-state index contributed by atoms with van der Waals surface area (Å²) in [6, 6.07) is 7.45. The molecule has 0 saturated heterocycles. The van der Waals surface area contributed by atoms with Crippen LogP contribution in [0.3, 0.4) is 0 Å². The van der Waals surface area contributed by atoms with Crippen molar-refractivity contribution in [2.45, 2.75) is 32.8 Å². The number of halogens is 2. The molecule has 0 aliphatic heterocycles. The smallest absolute Gasteiger partial charge is 0.255 e. The highest BCUT2D eigenvalue weighted by molar-refractivity contribution is 6.00. The van der Waals surface area contributed by atoms with Gasteiger partial charge in [0.1, 0.15) is 24.0 Å². The van der Waals surface area contributed by atoms with Crippen LogP contribution in [0, 0.1) is 11.6 Å². The molecular weight excluding hydrogens is 380 g/mol. The van der Waals surface area contributed by atoms with Crippen LogP contribution in [0.5, 0.6) is 5.75 Å². The fraction of sp³-hybridized carbons (Fsp3) is 0.333. The number of rotatable bonds is 6. The van der Waals surface area contributed by atoms with E-state index in [4.69, 9.17) is 4.74 Å². The minimum atomic E-state index is -0.664. The van der Waals surface area contributed by atoms with Crippen molar-refractivity contribution in [1.82, 2.24) is 14.9 Å². The molecule has 3 aromatic rings. The number of fused-ring (bicyclic) bond motifs is 1. The molecule has 0 atom stereocenters. The van der Waals surface area contributed by atoms with Crippen LogP contribution in [0.2, 0.25) is 0 Å². The number of amides is 1. The fourth-order valence-corrected chi connectivity index (χ4v) is 3.14. The van der Waals surface area contributed by atoms with E-state index in [-0.39, 0.29) is 37.0 Å². The van der Waals surface area contributed by atoms with E-state index in [9.17, 15) is 18.7 Å². The Bertz CT molecular complexity index is 1020. The van der Waals surface area contributed by atoms with Gasteiger partial charge >= 0.3 is 0 Å². The fourth-order valence-electron chi connectivity index (χ4n) is 3.14. The molecule has 1 aromatic carbocycles. The molecule has 29 heavy (non-hydrogen) atoms. The summed E-state index contributed by atoms with van der Waals surface area (Å²) in [7, 11) is 0. The number of nitrogens with zero attached hydrogens (tertiary/aromatic N) is 2. The van der Waals surface area contributed by atoms with Crippen molar-refractivity contribution in [2.75, 3.05) is 13.2 Å².